The van der Waals surface area contributed by atoms with Crippen molar-refractivity contribution in [2.75, 3.05) is 10.6 Å². The molecule has 0 unspecified atom stereocenters. The number of carbonyl (C=O) groups excluding carboxylic acids is 1. The van der Waals surface area contributed by atoms with Crippen molar-refractivity contribution in [1.82, 2.24) is 19.6 Å². The van der Waals surface area contributed by atoms with Gasteiger partial charge in [-0.25, -0.2) is 0 Å². The summed E-state index contributed by atoms with van der Waals surface area (Å²) in [5, 5.41) is 11.5. The van der Waals surface area contributed by atoms with Gasteiger partial charge in [0.1, 0.15) is 5.75 Å². The molecule has 156 valence electrons. The third-order valence-electron chi connectivity index (χ3n) is 4.68. The van der Waals surface area contributed by atoms with Gasteiger partial charge in [-0.3, -0.25) is 9.78 Å². The van der Waals surface area contributed by atoms with Gasteiger partial charge in [0.25, 0.3) is 0 Å². The number of pyridine rings is 2. The second-order valence-electron chi connectivity index (χ2n) is 6.93. The van der Waals surface area contributed by atoms with Crippen molar-refractivity contribution in [3.63, 3.8) is 0 Å². The van der Waals surface area contributed by atoms with Crippen molar-refractivity contribution in [3.05, 3.63) is 91.6 Å². The molecule has 0 atom stereocenters. The molecule has 0 bridgehead atoms. The lowest BCUT2D eigenvalue weighted by molar-refractivity contribution is -0.111. The van der Waals surface area contributed by atoms with Crippen LogP contribution in [0.1, 0.15) is 0 Å². The Morgan fingerprint density at radius 2 is 1.88 bits per heavy atom. The lowest BCUT2D eigenvalue weighted by atomic mass is 10.2. The molecule has 32 heavy (non-hydrogen) atoms. The molecule has 8 nitrogen and oxygen atoms in total. The van der Waals surface area contributed by atoms with Gasteiger partial charge in [-0.2, -0.15) is 9.50 Å². The number of fused-ring (bicyclic) bond motifs is 2. The maximum Gasteiger partial charge on any atom is 0.247 e. The van der Waals surface area contributed by atoms with E-state index in [-0.39, 0.29) is 5.91 Å². The molecule has 2 N–H and O–H groups in total. The molecule has 5 aromatic rings. The van der Waals surface area contributed by atoms with Crippen LogP contribution in [0.5, 0.6) is 11.6 Å². The van der Waals surface area contributed by atoms with E-state index in [0.29, 0.717) is 28.9 Å². The van der Waals surface area contributed by atoms with Crippen LogP contribution in [0.3, 0.4) is 0 Å². The molecule has 0 radical (unpaired) electrons. The van der Waals surface area contributed by atoms with Gasteiger partial charge in [0.05, 0.1) is 17.4 Å². The van der Waals surface area contributed by atoms with Crippen LogP contribution in [0.25, 0.3) is 16.6 Å². The van der Waals surface area contributed by atoms with E-state index in [1.165, 1.54) is 6.08 Å². The third-order valence-corrected chi connectivity index (χ3v) is 4.68. The molecule has 0 aliphatic rings. The Balaban J connectivity index is 1.41. The number of benzene rings is 2. The van der Waals surface area contributed by atoms with Gasteiger partial charge in [0.15, 0.2) is 5.65 Å². The number of ether oxygens (including phenoxy) is 1. The van der Waals surface area contributed by atoms with E-state index in [9.17, 15) is 4.79 Å². The first-order valence-corrected chi connectivity index (χ1v) is 9.87. The van der Waals surface area contributed by atoms with Crippen LogP contribution in [0, 0.1) is 0 Å². The zero-order valence-corrected chi connectivity index (χ0v) is 16.9. The molecule has 0 spiro atoms. The highest BCUT2D eigenvalue weighted by atomic mass is 16.5. The summed E-state index contributed by atoms with van der Waals surface area (Å²) in [6, 6.07) is 22.4. The summed E-state index contributed by atoms with van der Waals surface area (Å²) in [5.74, 6) is 1.15. The number of hydrogen-bond acceptors (Lipinski definition) is 6. The summed E-state index contributed by atoms with van der Waals surface area (Å²) in [6.45, 7) is 3.46. The van der Waals surface area contributed by atoms with Crippen LogP contribution < -0.4 is 15.4 Å². The summed E-state index contributed by atoms with van der Waals surface area (Å²) in [4.78, 5) is 20.5. The Morgan fingerprint density at radius 1 is 1.00 bits per heavy atom. The minimum absolute atomic E-state index is 0.292. The number of amides is 1. The highest BCUT2D eigenvalue weighted by Gasteiger charge is 2.10. The van der Waals surface area contributed by atoms with Gasteiger partial charge in [-0.1, -0.05) is 36.9 Å². The van der Waals surface area contributed by atoms with Crippen LogP contribution in [0.2, 0.25) is 0 Å². The zero-order valence-electron chi connectivity index (χ0n) is 16.9. The molecule has 3 heterocycles. The van der Waals surface area contributed by atoms with Gasteiger partial charge in [0, 0.05) is 23.2 Å². The number of rotatable bonds is 6. The fourth-order valence-corrected chi connectivity index (χ4v) is 3.23. The van der Waals surface area contributed by atoms with E-state index in [4.69, 9.17) is 4.74 Å². The van der Waals surface area contributed by atoms with Crippen LogP contribution in [0.15, 0.2) is 91.6 Å². The quantitative estimate of drug-likeness (QED) is 0.377. The number of anilines is 3. The summed E-state index contributed by atoms with van der Waals surface area (Å²) >= 11 is 0. The zero-order chi connectivity index (χ0) is 21.9. The number of hydrogen-bond donors (Lipinski definition) is 2. The lowest BCUT2D eigenvalue weighted by Crippen LogP contribution is -2.07. The highest BCUT2D eigenvalue weighted by Crippen LogP contribution is 2.26. The Hall–Kier alpha value is -4.72. The predicted molar refractivity (Wildman–Crippen MR) is 123 cm³/mol. The van der Waals surface area contributed by atoms with E-state index in [1.54, 1.807) is 41.0 Å². The number of aromatic nitrogens is 4. The predicted octanol–water partition coefficient (Wildman–Crippen LogP) is 4.94. The lowest BCUT2D eigenvalue weighted by Gasteiger charge is -2.08. The number of carbonyl (C=O) groups is 1. The summed E-state index contributed by atoms with van der Waals surface area (Å²) in [7, 11) is 0. The van der Waals surface area contributed by atoms with E-state index in [1.807, 2.05) is 42.5 Å². The molecule has 0 aliphatic carbocycles. The fraction of sp³-hybridized carbons (Fsp3) is 0. The number of para-hydroxylation sites is 1. The molecule has 8 heteroatoms. The Labute approximate surface area is 183 Å². The van der Waals surface area contributed by atoms with Crippen LogP contribution >= 0.6 is 0 Å². The number of nitrogens with zero attached hydrogens (tertiary/aromatic N) is 4. The first-order valence-electron chi connectivity index (χ1n) is 9.87. The molecule has 0 saturated heterocycles. The van der Waals surface area contributed by atoms with E-state index < -0.39 is 0 Å². The molecule has 3 aromatic heterocycles. The molecule has 0 saturated carbocycles. The normalized spacial score (nSPS) is 10.8. The van der Waals surface area contributed by atoms with Gasteiger partial charge < -0.3 is 15.4 Å². The topological polar surface area (TPSA) is 93.4 Å². The average molecular weight is 422 g/mol. The molecule has 0 aliphatic heterocycles. The minimum Gasteiger partial charge on any atom is -0.439 e. The number of nitrogens with one attached hydrogen (secondary N) is 2. The van der Waals surface area contributed by atoms with Gasteiger partial charge in [0.2, 0.25) is 17.7 Å². The summed E-state index contributed by atoms with van der Waals surface area (Å²) < 4.78 is 7.61. The Kier molecular flexibility index (Phi) is 4.93. The SMILES string of the molecule is C=CC(=O)Nc1cccc(Oc2cccc3nc(Nc4cnc5ccccc5c4)nn23)c1. The molecule has 5 rings (SSSR count). The van der Waals surface area contributed by atoms with Crippen LogP contribution in [0.4, 0.5) is 17.3 Å². The van der Waals surface area contributed by atoms with Gasteiger partial charge in [-0.05, 0) is 36.4 Å². The molecule has 2 aromatic carbocycles. The van der Waals surface area contributed by atoms with Crippen molar-refractivity contribution in [2.24, 2.45) is 0 Å². The van der Waals surface area contributed by atoms with Crippen molar-refractivity contribution in [2.45, 2.75) is 0 Å². The first kappa shape index (κ1) is 19.3. The van der Waals surface area contributed by atoms with Gasteiger partial charge in [-0.15, -0.1) is 5.10 Å². The summed E-state index contributed by atoms with van der Waals surface area (Å²) in [5.41, 5.74) is 2.93. The smallest absolute Gasteiger partial charge is 0.247 e. The minimum atomic E-state index is -0.292. The van der Waals surface area contributed by atoms with Crippen molar-refractivity contribution < 1.29 is 9.53 Å². The van der Waals surface area contributed by atoms with Crippen molar-refractivity contribution in [3.8, 4) is 11.6 Å². The second-order valence-corrected chi connectivity index (χ2v) is 6.93. The van der Waals surface area contributed by atoms with Crippen LogP contribution in [-0.2, 0) is 4.79 Å². The van der Waals surface area contributed by atoms with E-state index in [0.717, 1.165) is 16.6 Å². The van der Waals surface area contributed by atoms with Crippen molar-refractivity contribution in [1.29, 1.82) is 0 Å². The van der Waals surface area contributed by atoms with E-state index in [2.05, 4.69) is 32.3 Å². The molecular formula is C24H18N6O2. The maximum absolute atomic E-state index is 11.5. The maximum atomic E-state index is 11.5. The monoisotopic (exact) mass is 422 g/mol. The van der Waals surface area contributed by atoms with Gasteiger partial charge >= 0.3 is 0 Å². The summed E-state index contributed by atoms with van der Waals surface area (Å²) in [6.07, 6.45) is 2.96. The third kappa shape index (κ3) is 3.97. The Morgan fingerprint density at radius 3 is 2.78 bits per heavy atom. The molecular weight excluding hydrogens is 404 g/mol. The Bertz CT molecular complexity index is 1460. The largest absolute Gasteiger partial charge is 0.439 e. The first-order chi connectivity index (χ1) is 15.7. The molecule has 0 fully saturated rings. The fourth-order valence-electron chi connectivity index (χ4n) is 3.23. The average Bonchev–Trinajstić information content (AvgIpc) is 3.22. The standard InChI is InChI=1S/C24H18N6O2/c1-2-22(31)26-17-8-5-9-19(14-17)32-23-12-6-11-21-28-24(29-30(21)23)27-18-13-16-7-3-4-10-20(16)25-15-18/h2-15H,1H2,(H,26,31)(H,27,29). The van der Waals surface area contributed by atoms with E-state index >= 15 is 0 Å². The molecule has 1 amide bonds. The second kappa shape index (κ2) is 8.19. The van der Waals surface area contributed by atoms with Crippen molar-refractivity contribution >= 4 is 39.8 Å². The van der Waals surface area contributed by atoms with Crippen LogP contribution in [-0.4, -0.2) is 25.5 Å². The highest BCUT2D eigenvalue weighted by molar-refractivity contribution is 5.98.